The number of fused-ring (bicyclic) bond motifs is 1. The number of aryl methyl sites for hydroxylation is 1. The first-order valence-electron chi connectivity index (χ1n) is 9.04. The fourth-order valence-corrected chi connectivity index (χ4v) is 3.42. The van der Waals surface area contributed by atoms with Crippen molar-refractivity contribution in [3.63, 3.8) is 0 Å². The maximum absolute atomic E-state index is 13.3. The number of anilines is 1. The van der Waals surface area contributed by atoms with E-state index in [0.29, 0.717) is 12.2 Å². The predicted octanol–water partition coefficient (Wildman–Crippen LogP) is 3.03. The van der Waals surface area contributed by atoms with Crippen LogP contribution in [0.25, 0.3) is 0 Å². The fourth-order valence-electron chi connectivity index (χ4n) is 3.42. The second-order valence-electron chi connectivity index (χ2n) is 6.71. The number of rotatable bonds is 7. The molecular weight excluding hydrogens is 347 g/mol. The standard InChI is InChI=1S/C20H19FN4O2/c21-15-8-9-18-16(12-15)19(26)20(27)25(18)11-5-1-4-10-24-13-17(22-23-24)14-6-2-3-7-14/h2-3,6-9,12-14H,1,4-5,10-11H2. The Morgan fingerprint density at radius 3 is 2.63 bits per heavy atom. The van der Waals surface area contributed by atoms with Crippen LogP contribution >= 0.6 is 0 Å². The van der Waals surface area contributed by atoms with E-state index in [9.17, 15) is 14.0 Å². The Morgan fingerprint density at radius 1 is 1.04 bits per heavy atom. The summed E-state index contributed by atoms with van der Waals surface area (Å²) in [6.45, 7) is 1.20. The van der Waals surface area contributed by atoms with Crippen LogP contribution in [-0.2, 0) is 11.3 Å². The molecule has 0 saturated heterocycles. The molecule has 0 saturated carbocycles. The van der Waals surface area contributed by atoms with Gasteiger partial charge in [-0.2, -0.15) is 0 Å². The summed E-state index contributed by atoms with van der Waals surface area (Å²) < 4.78 is 15.1. The molecule has 1 aromatic heterocycles. The van der Waals surface area contributed by atoms with Crippen LogP contribution in [0.1, 0.15) is 41.2 Å². The van der Waals surface area contributed by atoms with E-state index in [1.807, 2.05) is 23.0 Å². The lowest BCUT2D eigenvalue weighted by molar-refractivity contribution is -0.114. The smallest absolute Gasteiger partial charge is 0.299 e. The molecule has 0 atom stereocenters. The summed E-state index contributed by atoms with van der Waals surface area (Å²) in [5.41, 5.74) is 1.60. The molecule has 0 N–H and O–H groups in total. The molecule has 2 aliphatic rings. The summed E-state index contributed by atoms with van der Waals surface area (Å²) in [6, 6.07) is 3.90. The number of aromatic nitrogens is 3. The number of carbonyl (C=O) groups is 2. The van der Waals surface area contributed by atoms with Crippen LogP contribution in [0.2, 0.25) is 0 Å². The molecule has 0 radical (unpaired) electrons. The third-order valence-corrected chi connectivity index (χ3v) is 4.85. The summed E-state index contributed by atoms with van der Waals surface area (Å²) in [5, 5.41) is 8.35. The highest BCUT2D eigenvalue weighted by Gasteiger charge is 2.35. The van der Waals surface area contributed by atoms with E-state index in [-0.39, 0.29) is 11.5 Å². The van der Waals surface area contributed by atoms with Crippen LogP contribution < -0.4 is 4.90 Å². The van der Waals surface area contributed by atoms with Crippen molar-refractivity contribution < 1.29 is 14.0 Å². The molecular formula is C20H19FN4O2. The van der Waals surface area contributed by atoms with E-state index in [2.05, 4.69) is 22.5 Å². The number of hydrogen-bond donors (Lipinski definition) is 0. The molecule has 0 spiro atoms. The Bertz CT molecular complexity index is 935. The van der Waals surface area contributed by atoms with Gasteiger partial charge in [-0.25, -0.2) is 4.39 Å². The number of halogens is 1. The van der Waals surface area contributed by atoms with Gasteiger partial charge in [0.2, 0.25) is 0 Å². The maximum Gasteiger partial charge on any atom is 0.299 e. The Kier molecular flexibility index (Phi) is 4.66. The highest BCUT2D eigenvalue weighted by Crippen LogP contribution is 2.29. The van der Waals surface area contributed by atoms with E-state index in [1.165, 1.54) is 17.0 Å². The molecule has 0 unspecified atom stereocenters. The van der Waals surface area contributed by atoms with Crippen molar-refractivity contribution >= 4 is 17.4 Å². The molecule has 2 heterocycles. The maximum atomic E-state index is 13.3. The molecule has 6 nitrogen and oxygen atoms in total. The normalized spacial score (nSPS) is 16.0. The van der Waals surface area contributed by atoms with Crippen molar-refractivity contribution in [3.05, 3.63) is 65.8 Å². The Morgan fingerprint density at radius 2 is 1.81 bits per heavy atom. The largest absolute Gasteiger partial charge is 0.305 e. The van der Waals surface area contributed by atoms with Crippen molar-refractivity contribution in [2.45, 2.75) is 31.7 Å². The third-order valence-electron chi connectivity index (χ3n) is 4.85. The first-order chi connectivity index (χ1) is 13.1. The average molecular weight is 366 g/mol. The van der Waals surface area contributed by atoms with Gasteiger partial charge in [0.1, 0.15) is 5.82 Å². The van der Waals surface area contributed by atoms with Crippen LogP contribution in [0.4, 0.5) is 10.1 Å². The minimum Gasteiger partial charge on any atom is -0.305 e. The van der Waals surface area contributed by atoms with Gasteiger partial charge in [0, 0.05) is 25.2 Å². The Hall–Kier alpha value is -3.09. The SMILES string of the molecule is O=C1C(=O)N(CCCCCn2cc(C3C=CC=C3)nn2)c2ccc(F)cc21. The topological polar surface area (TPSA) is 68.1 Å². The van der Waals surface area contributed by atoms with Gasteiger partial charge < -0.3 is 4.90 Å². The number of allylic oxidation sites excluding steroid dienone is 4. The van der Waals surface area contributed by atoms with E-state index in [4.69, 9.17) is 0 Å². The number of hydrogen-bond acceptors (Lipinski definition) is 4. The zero-order valence-corrected chi connectivity index (χ0v) is 14.7. The molecule has 4 rings (SSSR count). The Labute approximate surface area is 156 Å². The number of nitrogens with zero attached hydrogens (tertiary/aromatic N) is 4. The first kappa shape index (κ1) is 17.3. The van der Waals surface area contributed by atoms with E-state index < -0.39 is 17.5 Å². The van der Waals surface area contributed by atoms with Crippen LogP contribution in [-0.4, -0.2) is 33.2 Å². The first-order valence-corrected chi connectivity index (χ1v) is 9.04. The number of unbranched alkanes of at least 4 members (excludes halogenated alkanes) is 2. The highest BCUT2D eigenvalue weighted by atomic mass is 19.1. The minimum absolute atomic E-state index is 0.158. The lowest BCUT2D eigenvalue weighted by Crippen LogP contribution is -2.30. The number of benzene rings is 1. The number of carbonyl (C=O) groups excluding carboxylic acids is 2. The van der Waals surface area contributed by atoms with Gasteiger partial charge in [0.25, 0.3) is 11.7 Å². The summed E-state index contributed by atoms with van der Waals surface area (Å²) in [4.78, 5) is 25.5. The summed E-state index contributed by atoms with van der Waals surface area (Å²) in [7, 11) is 0. The number of Topliss-reactive ketones (excluding diaryl/α,β-unsaturated/α-hetero) is 1. The fraction of sp³-hybridized carbons (Fsp3) is 0.300. The molecule has 1 amide bonds. The van der Waals surface area contributed by atoms with Crippen molar-refractivity contribution in [2.24, 2.45) is 0 Å². The predicted molar refractivity (Wildman–Crippen MR) is 98.0 cm³/mol. The van der Waals surface area contributed by atoms with Crippen molar-refractivity contribution in [2.75, 3.05) is 11.4 Å². The Balaban J connectivity index is 1.26. The van der Waals surface area contributed by atoms with Crippen LogP contribution in [0, 0.1) is 5.82 Å². The van der Waals surface area contributed by atoms with E-state index >= 15 is 0 Å². The lowest BCUT2D eigenvalue weighted by Gasteiger charge is -2.16. The van der Waals surface area contributed by atoms with Gasteiger partial charge in [-0.3, -0.25) is 14.3 Å². The zero-order valence-electron chi connectivity index (χ0n) is 14.7. The van der Waals surface area contributed by atoms with Crippen LogP contribution in [0.3, 0.4) is 0 Å². The molecule has 1 aliphatic carbocycles. The van der Waals surface area contributed by atoms with Gasteiger partial charge in [-0.1, -0.05) is 29.5 Å². The van der Waals surface area contributed by atoms with Gasteiger partial charge in [0.15, 0.2) is 0 Å². The molecule has 27 heavy (non-hydrogen) atoms. The van der Waals surface area contributed by atoms with Gasteiger partial charge >= 0.3 is 0 Å². The molecule has 1 aromatic carbocycles. The molecule has 2 aromatic rings. The van der Waals surface area contributed by atoms with Crippen molar-refractivity contribution in [3.8, 4) is 0 Å². The van der Waals surface area contributed by atoms with Crippen molar-refractivity contribution in [1.29, 1.82) is 0 Å². The van der Waals surface area contributed by atoms with Crippen molar-refractivity contribution in [1.82, 2.24) is 15.0 Å². The molecule has 1 aliphatic heterocycles. The summed E-state index contributed by atoms with van der Waals surface area (Å²) in [6.07, 6.45) is 12.6. The van der Waals surface area contributed by atoms with Gasteiger partial charge in [-0.05, 0) is 37.5 Å². The molecule has 138 valence electrons. The summed E-state index contributed by atoms with van der Waals surface area (Å²) in [5.74, 6) is -1.50. The number of amides is 1. The van der Waals surface area contributed by atoms with Crippen LogP contribution in [0.15, 0.2) is 48.7 Å². The van der Waals surface area contributed by atoms with E-state index in [1.54, 1.807) is 0 Å². The number of ketones is 1. The quantitative estimate of drug-likeness (QED) is 0.558. The second-order valence-corrected chi connectivity index (χ2v) is 6.71. The molecule has 0 bridgehead atoms. The lowest BCUT2D eigenvalue weighted by atomic mass is 10.1. The van der Waals surface area contributed by atoms with Gasteiger partial charge in [0.05, 0.1) is 16.9 Å². The third kappa shape index (κ3) is 3.45. The highest BCUT2D eigenvalue weighted by molar-refractivity contribution is 6.52. The molecule has 0 fully saturated rings. The second kappa shape index (κ2) is 7.26. The monoisotopic (exact) mass is 366 g/mol. The average Bonchev–Trinajstić information content (AvgIpc) is 3.39. The minimum atomic E-state index is -0.630. The zero-order chi connectivity index (χ0) is 18.8. The van der Waals surface area contributed by atoms with E-state index in [0.717, 1.165) is 37.6 Å². The van der Waals surface area contributed by atoms with Crippen LogP contribution in [0.5, 0.6) is 0 Å². The molecule has 7 heteroatoms. The summed E-state index contributed by atoms with van der Waals surface area (Å²) >= 11 is 0. The van der Waals surface area contributed by atoms with Gasteiger partial charge in [-0.15, -0.1) is 5.10 Å².